The van der Waals surface area contributed by atoms with Crippen LogP contribution in [0.2, 0.25) is 0 Å². The van der Waals surface area contributed by atoms with Crippen molar-refractivity contribution in [1.29, 1.82) is 0 Å². The van der Waals surface area contributed by atoms with E-state index in [0.29, 0.717) is 40.8 Å². The summed E-state index contributed by atoms with van der Waals surface area (Å²) in [7, 11) is -0.662. The number of benzene rings is 2. The van der Waals surface area contributed by atoms with Crippen LogP contribution >= 0.6 is 0 Å². The SMILES string of the molecule is COCC(C)NC(=O)[C@@H](C)Oc1cc(F)ccc1Nc1ncnc2cc(N=S3(=O)CCCC3)cc(C)c12. The van der Waals surface area contributed by atoms with Gasteiger partial charge in [-0.25, -0.2) is 18.6 Å². The summed E-state index contributed by atoms with van der Waals surface area (Å²) in [6, 6.07) is 7.52. The molecule has 0 spiro atoms. The molecule has 2 aromatic carbocycles. The zero-order chi connectivity index (χ0) is 26.6. The lowest BCUT2D eigenvalue weighted by molar-refractivity contribution is -0.128. The Labute approximate surface area is 216 Å². The molecule has 1 amide bonds. The van der Waals surface area contributed by atoms with Crippen molar-refractivity contribution < 1.29 is 22.9 Å². The maximum absolute atomic E-state index is 14.1. The van der Waals surface area contributed by atoms with Gasteiger partial charge in [0.05, 0.1) is 33.2 Å². The summed E-state index contributed by atoms with van der Waals surface area (Å²) in [5, 5.41) is 6.75. The Morgan fingerprint density at radius 1 is 1.19 bits per heavy atom. The van der Waals surface area contributed by atoms with Crippen molar-refractivity contribution in [2.24, 2.45) is 4.36 Å². The molecule has 1 aromatic heterocycles. The molecule has 9 nitrogen and oxygen atoms in total. The van der Waals surface area contributed by atoms with E-state index >= 15 is 0 Å². The Kier molecular flexibility index (Phi) is 8.23. The Balaban J connectivity index is 1.62. The van der Waals surface area contributed by atoms with Crippen LogP contribution in [-0.2, 0) is 19.3 Å². The van der Waals surface area contributed by atoms with E-state index in [2.05, 4.69) is 25.0 Å². The van der Waals surface area contributed by atoms with Crippen molar-refractivity contribution in [2.75, 3.05) is 30.5 Å². The number of aromatic nitrogens is 2. The Morgan fingerprint density at radius 3 is 2.68 bits per heavy atom. The van der Waals surface area contributed by atoms with Crippen LogP contribution in [0, 0.1) is 12.7 Å². The quantitative estimate of drug-likeness (QED) is 0.415. The Bertz CT molecular complexity index is 1410. The van der Waals surface area contributed by atoms with Crippen LogP contribution < -0.4 is 15.4 Å². The fraction of sp³-hybridized carbons (Fsp3) is 0.423. The van der Waals surface area contributed by atoms with E-state index < -0.39 is 21.7 Å². The lowest BCUT2D eigenvalue weighted by Gasteiger charge is -2.20. The predicted octanol–water partition coefficient (Wildman–Crippen LogP) is 4.63. The van der Waals surface area contributed by atoms with Crippen LogP contribution in [0.5, 0.6) is 5.75 Å². The number of ether oxygens (including phenoxy) is 2. The van der Waals surface area contributed by atoms with E-state index in [-0.39, 0.29) is 17.7 Å². The highest BCUT2D eigenvalue weighted by molar-refractivity contribution is 7.93. The van der Waals surface area contributed by atoms with Crippen molar-refractivity contribution in [3.63, 3.8) is 0 Å². The number of fused-ring (bicyclic) bond motifs is 1. The smallest absolute Gasteiger partial charge is 0.261 e. The number of halogens is 1. The third kappa shape index (κ3) is 6.53. The minimum absolute atomic E-state index is 0.163. The molecule has 0 radical (unpaired) electrons. The molecule has 1 fully saturated rings. The first-order valence-electron chi connectivity index (χ1n) is 12.2. The van der Waals surface area contributed by atoms with Gasteiger partial charge in [-0.2, -0.15) is 4.36 Å². The first kappa shape index (κ1) is 26.7. The number of carbonyl (C=O) groups excluding carboxylic acids is 1. The molecular weight excluding hydrogens is 497 g/mol. The molecule has 198 valence electrons. The number of rotatable bonds is 9. The molecular formula is C26H32FN5O4S. The van der Waals surface area contributed by atoms with Crippen LogP contribution in [0.4, 0.5) is 21.6 Å². The normalized spacial score (nSPS) is 16.2. The van der Waals surface area contributed by atoms with E-state index in [1.54, 1.807) is 20.1 Å². The number of anilines is 2. The fourth-order valence-corrected chi connectivity index (χ4v) is 6.47. The molecule has 0 bridgehead atoms. The largest absolute Gasteiger partial charge is 0.479 e. The Hall–Kier alpha value is -3.31. The highest BCUT2D eigenvalue weighted by atomic mass is 32.2. The van der Waals surface area contributed by atoms with Crippen LogP contribution in [0.25, 0.3) is 10.9 Å². The van der Waals surface area contributed by atoms with Gasteiger partial charge < -0.3 is 20.1 Å². The minimum atomic E-state index is -2.22. The predicted molar refractivity (Wildman–Crippen MR) is 143 cm³/mol. The van der Waals surface area contributed by atoms with Crippen molar-refractivity contribution in [3.05, 3.63) is 48.0 Å². The van der Waals surface area contributed by atoms with Crippen molar-refractivity contribution in [1.82, 2.24) is 15.3 Å². The second kappa shape index (κ2) is 11.4. The molecule has 2 atom stereocenters. The van der Waals surface area contributed by atoms with Gasteiger partial charge in [0.15, 0.2) is 6.10 Å². The molecule has 4 rings (SSSR count). The van der Waals surface area contributed by atoms with Gasteiger partial charge in [-0.15, -0.1) is 0 Å². The van der Waals surface area contributed by atoms with Gasteiger partial charge in [0, 0.05) is 36.1 Å². The summed E-state index contributed by atoms with van der Waals surface area (Å²) >= 11 is 0. The van der Waals surface area contributed by atoms with Gasteiger partial charge in [0.1, 0.15) is 23.7 Å². The van der Waals surface area contributed by atoms with E-state index in [1.807, 2.05) is 19.9 Å². The average Bonchev–Trinajstić information content (AvgIpc) is 3.26. The molecule has 3 aromatic rings. The topological polar surface area (TPSA) is 115 Å². The molecule has 1 aliphatic heterocycles. The lowest BCUT2D eigenvalue weighted by atomic mass is 10.1. The summed E-state index contributed by atoms with van der Waals surface area (Å²) in [5.41, 5.74) is 2.56. The number of amides is 1. The third-order valence-corrected chi connectivity index (χ3v) is 8.44. The highest BCUT2D eigenvalue weighted by Crippen LogP contribution is 2.34. The van der Waals surface area contributed by atoms with E-state index in [9.17, 15) is 13.4 Å². The monoisotopic (exact) mass is 529 g/mol. The molecule has 1 unspecified atom stereocenters. The minimum Gasteiger partial charge on any atom is -0.479 e. The number of hydrogen-bond donors (Lipinski definition) is 2. The summed E-state index contributed by atoms with van der Waals surface area (Å²) in [4.78, 5) is 21.3. The lowest BCUT2D eigenvalue weighted by Crippen LogP contribution is -2.43. The number of hydrogen-bond acceptors (Lipinski definition) is 8. The number of methoxy groups -OCH3 is 1. The molecule has 0 aliphatic carbocycles. The first-order valence-corrected chi connectivity index (χ1v) is 14.0. The molecule has 37 heavy (non-hydrogen) atoms. The standard InChI is InChI=1S/C26H32FN5O4S/c1-16-11-20(32-37(34)9-5-6-10-37)13-22-24(16)25(29-15-28-22)31-21-8-7-19(27)12-23(21)36-18(3)26(33)30-17(2)14-35-4/h7-8,11-13,15,17-18H,5-6,9-10,14H2,1-4H3,(H,30,33)(H,28,29,31)/t17?,18-/m1/s1. The number of carbonyl (C=O) groups is 1. The average molecular weight is 530 g/mol. The van der Waals surface area contributed by atoms with Gasteiger partial charge in [0.25, 0.3) is 5.91 Å². The molecule has 2 heterocycles. The van der Waals surface area contributed by atoms with Gasteiger partial charge in [-0.3, -0.25) is 4.79 Å². The number of nitrogens with zero attached hydrogens (tertiary/aromatic N) is 3. The molecule has 0 saturated carbocycles. The van der Waals surface area contributed by atoms with Gasteiger partial charge in [-0.1, -0.05) is 0 Å². The Morgan fingerprint density at radius 2 is 1.95 bits per heavy atom. The van der Waals surface area contributed by atoms with Crippen LogP contribution in [0.15, 0.2) is 41.0 Å². The van der Waals surface area contributed by atoms with E-state index in [1.165, 1.54) is 24.5 Å². The second-order valence-electron chi connectivity index (χ2n) is 9.25. The fourth-order valence-electron chi connectivity index (χ4n) is 4.28. The van der Waals surface area contributed by atoms with Crippen molar-refractivity contribution in [3.8, 4) is 5.75 Å². The zero-order valence-electron chi connectivity index (χ0n) is 21.4. The van der Waals surface area contributed by atoms with Gasteiger partial charge >= 0.3 is 0 Å². The van der Waals surface area contributed by atoms with Crippen molar-refractivity contribution in [2.45, 2.75) is 45.8 Å². The van der Waals surface area contributed by atoms with Crippen LogP contribution in [0.1, 0.15) is 32.3 Å². The number of nitrogens with one attached hydrogen (secondary N) is 2. The highest BCUT2D eigenvalue weighted by Gasteiger charge is 2.20. The van der Waals surface area contributed by atoms with E-state index in [0.717, 1.165) is 23.8 Å². The summed E-state index contributed by atoms with van der Waals surface area (Å²) in [5.74, 6) is 1.04. The summed E-state index contributed by atoms with van der Waals surface area (Å²) in [6.07, 6.45) is 2.40. The number of aryl methyl sites for hydroxylation is 1. The molecule has 1 aliphatic rings. The van der Waals surface area contributed by atoms with E-state index in [4.69, 9.17) is 9.47 Å². The maximum Gasteiger partial charge on any atom is 0.261 e. The van der Waals surface area contributed by atoms with Gasteiger partial charge in [-0.05, 0) is 63.4 Å². The summed E-state index contributed by atoms with van der Waals surface area (Å²) in [6.45, 7) is 5.68. The summed E-state index contributed by atoms with van der Waals surface area (Å²) < 4.78 is 42.5. The first-order chi connectivity index (χ1) is 17.7. The maximum atomic E-state index is 14.1. The zero-order valence-corrected chi connectivity index (χ0v) is 22.2. The van der Waals surface area contributed by atoms with Crippen LogP contribution in [-0.4, -0.2) is 57.5 Å². The van der Waals surface area contributed by atoms with Crippen LogP contribution in [0.3, 0.4) is 0 Å². The molecule has 2 N–H and O–H groups in total. The molecule has 11 heteroatoms. The van der Waals surface area contributed by atoms with Crippen molar-refractivity contribution >= 4 is 43.7 Å². The second-order valence-corrected chi connectivity index (χ2v) is 11.8. The molecule has 1 saturated heterocycles. The van der Waals surface area contributed by atoms with Gasteiger partial charge in [0.2, 0.25) is 0 Å². The third-order valence-electron chi connectivity index (χ3n) is 6.04.